The number of halogens is 1. The van der Waals surface area contributed by atoms with Crippen molar-refractivity contribution < 1.29 is 23.6 Å². The highest BCUT2D eigenvalue weighted by Crippen LogP contribution is 2.19. The van der Waals surface area contributed by atoms with Crippen molar-refractivity contribution in [2.45, 2.75) is 13.0 Å². The Bertz CT molecular complexity index is 866. The number of anilines is 1. The Labute approximate surface area is 148 Å². The van der Waals surface area contributed by atoms with E-state index < -0.39 is 28.7 Å². The fraction of sp³-hybridized carbons (Fsp3) is 0.111. The van der Waals surface area contributed by atoms with Gasteiger partial charge < -0.3 is 10.1 Å². The molecule has 0 fully saturated rings. The zero-order chi connectivity index (χ0) is 19.1. The largest absolute Gasteiger partial charge is 0.449 e. The summed E-state index contributed by atoms with van der Waals surface area (Å²) in [5.41, 5.74) is 0.0238. The van der Waals surface area contributed by atoms with Crippen LogP contribution in [-0.4, -0.2) is 22.9 Å². The lowest BCUT2D eigenvalue weighted by molar-refractivity contribution is -0.385. The van der Waals surface area contributed by atoms with Crippen LogP contribution in [0.15, 0.2) is 54.6 Å². The Morgan fingerprint density at radius 2 is 1.85 bits per heavy atom. The first-order valence-electron chi connectivity index (χ1n) is 7.56. The molecule has 0 unspecified atom stereocenters. The van der Waals surface area contributed by atoms with E-state index >= 15 is 0 Å². The van der Waals surface area contributed by atoms with Gasteiger partial charge in [-0.05, 0) is 31.2 Å². The first-order valence-corrected chi connectivity index (χ1v) is 7.56. The molecule has 0 bridgehead atoms. The van der Waals surface area contributed by atoms with Gasteiger partial charge in [-0.2, -0.15) is 0 Å². The van der Waals surface area contributed by atoms with E-state index in [1.165, 1.54) is 49.4 Å². The number of carbonyl (C=O) groups is 2. The number of benzene rings is 2. The van der Waals surface area contributed by atoms with Gasteiger partial charge in [-0.1, -0.05) is 24.3 Å². The average molecular weight is 358 g/mol. The maximum atomic E-state index is 13.5. The van der Waals surface area contributed by atoms with Crippen molar-refractivity contribution in [2.75, 3.05) is 5.32 Å². The molecule has 1 N–H and O–H groups in total. The Balaban J connectivity index is 1.98. The minimum Gasteiger partial charge on any atom is -0.449 e. The molecule has 0 radical (unpaired) electrons. The van der Waals surface area contributed by atoms with Crippen LogP contribution in [0.2, 0.25) is 0 Å². The van der Waals surface area contributed by atoms with E-state index in [1.807, 2.05) is 0 Å². The number of nitro groups is 1. The van der Waals surface area contributed by atoms with Gasteiger partial charge in [0.2, 0.25) is 0 Å². The molecule has 0 spiro atoms. The zero-order valence-corrected chi connectivity index (χ0v) is 13.7. The maximum Gasteiger partial charge on any atom is 0.331 e. The van der Waals surface area contributed by atoms with Crippen LogP contribution in [0.4, 0.5) is 15.8 Å². The number of hydrogen-bond acceptors (Lipinski definition) is 5. The van der Waals surface area contributed by atoms with Crippen molar-refractivity contribution >= 4 is 29.3 Å². The quantitative estimate of drug-likeness (QED) is 0.370. The molecule has 1 atom stereocenters. The van der Waals surface area contributed by atoms with Crippen LogP contribution in [0.3, 0.4) is 0 Å². The van der Waals surface area contributed by atoms with Crippen LogP contribution in [0, 0.1) is 15.9 Å². The van der Waals surface area contributed by atoms with Crippen molar-refractivity contribution in [1.82, 2.24) is 0 Å². The Morgan fingerprint density at radius 3 is 2.54 bits per heavy atom. The van der Waals surface area contributed by atoms with Crippen molar-refractivity contribution in [2.24, 2.45) is 0 Å². The smallest absolute Gasteiger partial charge is 0.331 e. The summed E-state index contributed by atoms with van der Waals surface area (Å²) in [5.74, 6) is -2.18. The van der Waals surface area contributed by atoms with Gasteiger partial charge in [0.05, 0.1) is 16.2 Å². The van der Waals surface area contributed by atoms with Crippen LogP contribution in [0.1, 0.15) is 12.5 Å². The monoisotopic (exact) mass is 358 g/mol. The highest BCUT2D eigenvalue weighted by Gasteiger charge is 2.18. The number of esters is 1. The SMILES string of the molecule is C[C@@H](OC(=O)/C=C/c1ccccc1[N+](=O)[O-])C(=O)Nc1ccccc1F. The molecule has 0 heterocycles. The lowest BCUT2D eigenvalue weighted by Crippen LogP contribution is -2.29. The van der Waals surface area contributed by atoms with Gasteiger partial charge in [0.1, 0.15) is 5.82 Å². The third kappa shape index (κ3) is 4.97. The summed E-state index contributed by atoms with van der Waals surface area (Å²) in [6.45, 7) is 1.33. The lowest BCUT2D eigenvalue weighted by atomic mass is 10.1. The first kappa shape index (κ1) is 18.8. The number of ether oxygens (including phenoxy) is 1. The van der Waals surface area contributed by atoms with Gasteiger partial charge in [-0.3, -0.25) is 14.9 Å². The van der Waals surface area contributed by atoms with Crippen molar-refractivity contribution in [3.63, 3.8) is 0 Å². The van der Waals surface area contributed by atoms with E-state index in [-0.39, 0.29) is 16.9 Å². The van der Waals surface area contributed by atoms with Crippen LogP contribution in [0.5, 0.6) is 0 Å². The van der Waals surface area contributed by atoms with Gasteiger partial charge in [-0.25, -0.2) is 9.18 Å². The molecule has 0 saturated carbocycles. The highest BCUT2D eigenvalue weighted by molar-refractivity contribution is 5.96. The van der Waals surface area contributed by atoms with Crippen LogP contribution < -0.4 is 5.32 Å². The van der Waals surface area contributed by atoms with Gasteiger partial charge in [0.15, 0.2) is 6.10 Å². The summed E-state index contributed by atoms with van der Waals surface area (Å²) in [5, 5.41) is 13.2. The summed E-state index contributed by atoms with van der Waals surface area (Å²) in [4.78, 5) is 34.1. The van der Waals surface area contributed by atoms with E-state index in [0.717, 1.165) is 6.08 Å². The van der Waals surface area contributed by atoms with E-state index in [1.54, 1.807) is 12.1 Å². The fourth-order valence-electron chi connectivity index (χ4n) is 2.02. The van der Waals surface area contributed by atoms with Crippen LogP contribution in [0.25, 0.3) is 6.08 Å². The fourth-order valence-corrected chi connectivity index (χ4v) is 2.02. The molecule has 26 heavy (non-hydrogen) atoms. The van der Waals surface area contributed by atoms with Crippen molar-refractivity contribution in [1.29, 1.82) is 0 Å². The predicted octanol–water partition coefficient (Wildman–Crippen LogP) is 3.32. The summed E-state index contributed by atoms with van der Waals surface area (Å²) >= 11 is 0. The van der Waals surface area contributed by atoms with E-state index in [2.05, 4.69) is 5.32 Å². The lowest BCUT2D eigenvalue weighted by Gasteiger charge is -2.12. The molecule has 0 aliphatic carbocycles. The standard InChI is InChI=1S/C18H15FN2O5/c1-12(18(23)20-15-8-4-3-7-14(15)19)26-17(22)11-10-13-6-2-5-9-16(13)21(24)25/h2-12H,1H3,(H,20,23)/b11-10+/t12-/m1/s1. The van der Waals surface area contributed by atoms with Crippen LogP contribution in [-0.2, 0) is 14.3 Å². The van der Waals surface area contributed by atoms with E-state index in [4.69, 9.17) is 4.74 Å². The second kappa shape index (κ2) is 8.52. The molecule has 134 valence electrons. The predicted molar refractivity (Wildman–Crippen MR) is 92.7 cm³/mol. The van der Waals surface area contributed by atoms with E-state index in [9.17, 15) is 24.1 Å². The van der Waals surface area contributed by atoms with Gasteiger partial charge in [0, 0.05) is 12.1 Å². The summed E-state index contributed by atoms with van der Waals surface area (Å²) in [6.07, 6.45) is 1.02. The van der Waals surface area contributed by atoms with Crippen molar-refractivity contribution in [3.8, 4) is 0 Å². The Morgan fingerprint density at radius 1 is 1.19 bits per heavy atom. The average Bonchev–Trinajstić information content (AvgIpc) is 2.62. The second-order valence-electron chi connectivity index (χ2n) is 5.20. The molecular formula is C18H15FN2O5. The Kier molecular flexibility index (Phi) is 6.15. The van der Waals surface area contributed by atoms with Gasteiger partial charge >= 0.3 is 5.97 Å². The highest BCUT2D eigenvalue weighted by atomic mass is 19.1. The molecule has 8 heteroatoms. The minimum absolute atomic E-state index is 0.0316. The second-order valence-corrected chi connectivity index (χ2v) is 5.20. The number of hydrogen-bond donors (Lipinski definition) is 1. The molecule has 0 saturated heterocycles. The number of carbonyl (C=O) groups excluding carboxylic acids is 2. The molecule has 1 amide bonds. The minimum atomic E-state index is -1.18. The molecular weight excluding hydrogens is 343 g/mol. The van der Waals surface area contributed by atoms with Crippen LogP contribution >= 0.6 is 0 Å². The summed E-state index contributed by atoms with van der Waals surface area (Å²) in [6, 6.07) is 11.4. The summed E-state index contributed by atoms with van der Waals surface area (Å²) in [7, 11) is 0. The topological polar surface area (TPSA) is 98.5 Å². The number of amides is 1. The number of nitrogens with zero attached hydrogens (tertiary/aromatic N) is 1. The molecule has 2 rings (SSSR count). The first-order chi connectivity index (χ1) is 12.4. The van der Waals surface area contributed by atoms with E-state index in [0.29, 0.717) is 0 Å². The number of nitro benzene ring substituents is 1. The van der Waals surface area contributed by atoms with Gasteiger partial charge in [-0.15, -0.1) is 0 Å². The molecule has 2 aromatic rings. The van der Waals surface area contributed by atoms with Gasteiger partial charge in [0.25, 0.3) is 11.6 Å². The molecule has 2 aromatic carbocycles. The number of para-hydroxylation sites is 2. The molecule has 0 aromatic heterocycles. The molecule has 0 aliphatic heterocycles. The zero-order valence-electron chi connectivity index (χ0n) is 13.7. The summed E-state index contributed by atoms with van der Waals surface area (Å²) < 4.78 is 18.4. The molecule has 7 nitrogen and oxygen atoms in total. The number of rotatable bonds is 6. The third-order valence-corrected chi connectivity index (χ3v) is 3.33. The molecule has 0 aliphatic rings. The Hall–Kier alpha value is -3.55. The third-order valence-electron chi connectivity index (χ3n) is 3.33. The van der Waals surface area contributed by atoms with Crippen molar-refractivity contribution in [3.05, 3.63) is 76.1 Å². The normalized spacial score (nSPS) is 11.8. The number of nitrogens with one attached hydrogen (secondary N) is 1. The maximum absolute atomic E-state index is 13.5.